The number of ether oxygens (including phenoxy) is 1. The molecule has 0 saturated carbocycles. The van der Waals surface area contributed by atoms with Crippen molar-refractivity contribution in [3.05, 3.63) is 35.2 Å². The highest BCUT2D eigenvalue weighted by Crippen LogP contribution is 2.25. The topological polar surface area (TPSA) is 87.6 Å². The molecule has 22 heavy (non-hydrogen) atoms. The number of pyridine rings is 1. The summed E-state index contributed by atoms with van der Waals surface area (Å²) in [6, 6.07) is 5.42. The van der Waals surface area contributed by atoms with Gasteiger partial charge in [0, 0.05) is 6.20 Å². The number of hydrogen-bond donors (Lipinski definition) is 1. The summed E-state index contributed by atoms with van der Waals surface area (Å²) in [6.07, 6.45) is 3.05. The van der Waals surface area contributed by atoms with Crippen molar-refractivity contribution >= 4 is 17.7 Å². The van der Waals surface area contributed by atoms with Gasteiger partial charge in [0.2, 0.25) is 5.88 Å². The van der Waals surface area contributed by atoms with Crippen molar-refractivity contribution in [2.45, 2.75) is 20.8 Å². The molecule has 0 unspecified atom stereocenters. The number of carboxylic acids is 1. The Hall–Kier alpha value is -2.81. The van der Waals surface area contributed by atoms with Crippen LogP contribution in [0, 0.1) is 24.2 Å². The molecule has 2 heterocycles. The monoisotopic (exact) mass is 299 g/mol. The minimum absolute atomic E-state index is 0.303. The largest absolute Gasteiger partial charge is 0.477 e. The van der Waals surface area contributed by atoms with Gasteiger partial charge >= 0.3 is 5.97 Å². The summed E-state index contributed by atoms with van der Waals surface area (Å²) < 4.78 is 7.41. The van der Waals surface area contributed by atoms with Crippen LogP contribution >= 0.6 is 0 Å². The minimum atomic E-state index is -1.28. The van der Waals surface area contributed by atoms with Crippen LogP contribution in [0.2, 0.25) is 0 Å². The molecule has 0 saturated heterocycles. The van der Waals surface area contributed by atoms with Gasteiger partial charge in [-0.15, -0.1) is 0 Å². The number of rotatable bonds is 5. The quantitative estimate of drug-likeness (QED) is 0.677. The van der Waals surface area contributed by atoms with Crippen molar-refractivity contribution in [1.29, 1.82) is 5.26 Å². The Morgan fingerprint density at radius 3 is 2.91 bits per heavy atom. The van der Waals surface area contributed by atoms with E-state index in [1.807, 2.05) is 32.9 Å². The molecule has 2 aromatic rings. The molecule has 0 aliphatic rings. The van der Waals surface area contributed by atoms with Crippen molar-refractivity contribution < 1.29 is 14.6 Å². The number of aliphatic carboxylic acids is 1. The number of fused-ring (bicyclic) bond motifs is 1. The molecule has 0 radical (unpaired) electrons. The highest BCUT2D eigenvalue weighted by atomic mass is 16.5. The zero-order valence-electron chi connectivity index (χ0n) is 12.7. The van der Waals surface area contributed by atoms with Gasteiger partial charge in [-0.05, 0) is 30.5 Å². The fraction of sp³-hybridized carbons (Fsp3) is 0.312. The molecular weight excluding hydrogens is 282 g/mol. The molecule has 114 valence electrons. The Kier molecular flexibility index (Phi) is 4.47. The minimum Gasteiger partial charge on any atom is -0.477 e. The first-order chi connectivity index (χ1) is 10.4. The molecule has 0 atom stereocenters. The summed E-state index contributed by atoms with van der Waals surface area (Å²) >= 11 is 0. The van der Waals surface area contributed by atoms with Gasteiger partial charge in [0.1, 0.15) is 23.0 Å². The Bertz CT molecular complexity index is 782. The Morgan fingerprint density at radius 2 is 2.32 bits per heavy atom. The normalized spacial score (nSPS) is 11.7. The molecular formula is C16H17N3O3. The SMILES string of the molecule is Cc1cccn2c(/C=C(\C#N)C(=O)O)c(OCC(C)C)nc12. The molecule has 0 bridgehead atoms. The molecule has 0 fully saturated rings. The van der Waals surface area contributed by atoms with Gasteiger partial charge in [-0.2, -0.15) is 10.2 Å². The van der Waals surface area contributed by atoms with Gasteiger partial charge in [-0.25, -0.2) is 4.79 Å². The molecule has 0 spiro atoms. The molecule has 0 aliphatic heterocycles. The van der Waals surface area contributed by atoms with Crippen LogP contribution in [0.4, 0.5) is 0 Å². The van der Waals surface area contributed by atoms with Crippen molar-refractivity contribution in [2.24, 2.45) is 5.92 Å². The van der Waals surface area contributed by atoms with E-state index >= 15 is 0 Å². The van der Waals surface area contributed by atoms with Crippen LogP contribution < -0.4 is 4.74 Å². The number of nitriles is 1. The third-order valence-electron chi connectivity index (χ3n) is 3.03. The third kappa shape index (κ3) is 3.09. The number of hydrogen-bond acceptors (Lipinski definition) is 4. The number of imidazole rings is 1. The van der Waals surface area contributed by atoms with Crippen LogP contribution in [-0.4, -0.2) is 27.1 Å². The fourth-order valence-corrected chi connectivity index (χ4v) is 1.96. The molecule has 0 aromatic carbocycles. The maximum atomic E-state index is 11.1. The fourth-order valence-electron chi connectivity index (χ4n) is 1.96. The maximum Gasteiger partial charge on any atom is 0.346 e. The van der Waals surface area contributed by atoms with Crippen LogP contribution in [-0.2, 0) is 4.79 Å². The summed E-state index contributed by atoms with van der Waals surface area (Å²) in [5.41, 5.74) is 1.71. The maximum absolute atomic E-state index is 11.1. The third-order valence-corrected chi connectivity index (χ3v) is 3.03. The number of aromatic nitrogens is 2. The number of carbonyl (C=O) groups is 1. The lowest BCUT2D eigenvalue weighted by Gasteiger charge is -2.06. The first kappa shape index (κ1) is 15.6. The van der Waals surface area contributed by atoms with Crippen LogP contribution in [0.5, 0.6) is 5.88 Å². The lowest BCUT2D eigenvalue weighted by molar-refractivity contribution is -0.132. The van der Waals surface area contributed by atoms with Crippen molar-refractivity contribution in [2.75, 3.05) is 6.61 Å². The van der Waals surface area contributed by atoms with E-state index in [2.05, 4.69) is 4.98 Å². The zero-order valence-corrected chi connectivity index (χ0v) is 12.7. The molecule has 0 amide bonds. The highest BCUT2D eigenvalue weighted by Gasteiger charge is 2.16. The summed E-state index contributed by atoms with van der Waals surface area (Å²) in [5.74, 6) is -0.644. The lowest BCUT2D eigenvalue weighted by atomic mass is 10.2. The molecule has 2 aromatic heterocycles. The van der Waals surface area contributed by atoms with E-state index in [0.29, 0.717) is 29.7 Å². The van der Waals surface area contributed by atoms with Crippen molar-refractivity contribution in [1.82, 2.24) is 9.38 Å². The van der Waals surface area contributed by atoms with E-state index in [-0.39, 0.29) is 5.57 Å². The van der Waals surface area contributed by atoms with E-state index in [0.717, 1.165) is 5.56 Å². The van der Waals surface area contributed by atoms with Gasteiger partial charge in [0.15, 0.2) is 0 Å². The molecule has 6 nitrogen and oxygen atoms in total. The lowest BCUT2D eigenvalue weighted by Crippen LogP contribution is -2.06. The Morgan fingerprint density at radius 1 is 1.59 bits per heavy atom. The average Bonchev–Trinajstić information content (AvgIpc) is 2.81. The van der Waals surface area contributed by atoms with Gasteiger partial charge in [-0.3, -0.25) is 4.40 Å². The second-order valence-electron chi connectivity index (χ2n) is 5.37. The Labute approximate surface area is 128 Å². The predicted octanol–water partition coefficient (Wildman–Crippen LogP) is 2.67. The van der Waals surface area contributed by atoms with E-state index in [4.69, 9.17) is 15.1 Å². The molecule has 2 rings (SSSR count). The van der Waals surface area contributed by atoms with Gasteiger partial charge in [-0.1, -0.05) is 19.9 Å². The van der Waals surface area contributed by atoms with Crippen LogP contribution in [0.15, 0.2) is 23.9 Å². The summed E-state index contributed by atoms with van der Waals surface area (Å²) in [5, 5.41) is 18.0. The van der Waals surface area contributed by atoms with E-state index in [1.54, 1.807) is 16.7 Å². The summed E-state index contributed by atoms with van der Waals surface area (Å²) in [6.45, 7) is 6.38. The van der Waals surface area contributed by atoms with Crippen LogP contribution in [0.25, 0.3) is 11.7 Å². The van der Waals surface area contributed by atoms with Crippen molar-refractivity contribution in [3.8, 4) is 11.9 Å². The second kappa shape index (κ2) is 6.31. The molecule has 1 N–H and O–H groups in total. The first-order valence-corrected chi connectivity index (χ1v) is 6.89. The smallest absolute Gasteiger partial charge is 0.346 e. The van der Waals surface area contributed by atoms with Gasteiger partial charge in [0.25, 0.3) is 0 Å². The van der Waals surface area contributed by atoms with Gasteiger partial charge in [0.05, 0.1) is 6.61 Å². The zero-order chi connectivity index (χ0) is 16.3. The Balaban J connectivity index is 2.63. The average molecular weight is 299 g/mol. The summed E-state index contributed by atoms with van der Waals surface area (Å²) in [7, 11) is 0. The van der Waals surface area contributed by atoms with E-state index in [9.17, 15) is 4.79 Å². The predicted molar refractivity (Wildman–Crippen MR) is 81.5 cm³/mol. The van der Waals surface area contributed by atoms with Gasteiger partial charge < -0.3 is 9.84 Å². The molecule has 6 heteroatoms. The second-order valence-corrected chi connectivity index (χ2v) is 5.37. The van der Waals surface area contributed by atoms with Crippen molar-refractivity contribution in [3.63, 3.8) is 0 Å². The standard InChI is InChI=1S/C16H17N3O3/c1-10(2)9-22-15-13(7-12(8-17)16(20)21)19-6-4-5-11(3)14(19)18-15/h4-7,10H,9H2,1-3H3,(H,20,21)/b12-7+. The summed E-state index contributed by atoms with van der Waals surface area (Å²) in [4.78, 5) is 15.5. The number of carboxylic acid groups (broad SMARTS) is 1. The number of nitrogens with zero attached hydrogens (tertiary/aromatic N) is 3. The van der Waals surface area contributed by atoms with E-state index in [1.165, 1.54) is 6.08 Å². The molecule has 0 aliphatic carbocycles. The highest BCUT2D eigenvalue weighted by molar-refractivity contribution is 5.96. The van der Waals surface area contributed by atoms with E-state index < -0.39 is 5.97 Å². The van der Waals surface area contributed by atoms with Crippen LogP contribution in [0.1, 0.15) is 25.1 Å². The van der Waals surface area contributed by atoms with Crippen LogP contribution in [0.3, 0.4) is 0 Å². The first-order valence-electron chi connectivity index (χ1n) is 6.89. The number of aryl methyl sites for hydroxylation is 1.